The Morgan fingerprint density at radius 2 is 1.90 bits per heavy atom. The van der Waals surface area contributed by atoms with Crippen molar-refractivity contribution in [2.75, 3.05) is 48.4 Å². The number of hydrogen-bond acceptors (Lipinski definition) is 7. The summed E-state index contributed by atoms with van der Waals surface area (Å²) in [5, 5.41) is 0.375. The molecule has 0 radical (unpaired) electrons. The minimum Gasteiger partial charge on any atom is -0.378 e. The van der Waals surface area contributed by atoms with Crippen LogP contribution in [0.15, 0.2) is 60.8 Å². The van der Waals surface area contributed by atoms with Gasteiger partial charge < -0.3 is 14.5 Å². The maximum atomic E-state index is 14.6. The van der Waals surface area contributed by atoms with E-state index in [4.69, 9.17) is 9.72 Å². The Labute approximate surface area is 246 Å². The fourth-order valence-corrected chi connectivity index (χ4v) is 9.97. The van der Waals surface area contributed by atoms with Gasteiger partial charge in [-0.15, -0.1) is 0 Å². The van der Waals surface area contributed by atoms with Gasteiger partial charge in [0.1, 0.15) is 5.82 Å². The lowest BCUT2D eigenvalue weighted by atomic mass is 9.77. The van der Waals surface area contributed by atoms with E-state index in [1.54, 1.807) is 12.3 Å². The molecule has 0 bridgehead atoms. The molecule has 3 aliphatic rings. The fourth-order valence-electron chi connectivity index (χ4n) is 7.25. The van der Waals surface area contributed by atoms with Crippen LogP contribution in [0.3, 0.4) is 0 Å². The Bertz CT molecular complexity index is 1790. The summed E-state index contributed by atoms with van der Waals surface area (Å²) < 4.78 is 46.9. The van der Waals surface area contributed by atoms with E-state index in [1.807, 2.05) is 25.1 Å². The number of rotatable bonds is 5. The van der Waals surface area contributed by atoms with Gasteiger partial charge in [-0.25, -0.2) is 17.8 Å². The van der Waals surface area contributed by atoms with Gasteiger partial charge in [0.05, 0.1) is 46.8 Å². The van der Waals surface area contributed by atoms with E-state index in [1.165, 1.54) is 12.1 Å². The Morgan fingerprint density at radius 3 is 2.62 bits per heavy atom. The van der Waals surface area contributed by atoms with Crippen LogP contribution in [-0.2, 0) is 20.0 Å². The molecule has 2 aromatic heterocycles. The molecule has 4 aromatic rings. The highest BCUT2D eigenvalue weighted by molar-refractivity contribution is 7.93. The standard InChI is InChI=1S/C33H35FN4O3S/c1-21(2)16-30-33(20-42(30,39)40)19-38(29-18-24(8-10-26(29)33)37-12-14-41-15-13-37)32-22(3)31(27-6-4-5-11-35-27)36-28-17-23(34)7-9-25(28)32/h4-11,17-18,21,30H,12-16,19-20H2,1-3H3. The molecule has 2 fully saturated rings. The number of fused-ring (bicyclic) bond motifs is 3. The minimum absolute atomic E-state index is 0.127. The van der Waals surface area contributed by atoms with Crippen molar-refractivity contribution in [3.8, 4) is 11.4 Å². The molecule has 5 heterocycles. The number of halogens is 1. The molecule has 7 rings (SSSR count). The van der Waals surface area contributed by atoms with Crippen LogP contribution in [0.5, 0.6) is 0 Å². The van der Waals surface area contributed by atoms with Crippen molar-refractivity contribution in [1.82, 2.24) is 9.97 Å². The van der Waals surface area contributed by atoms with E-state index in [0.717, 1.165) is 46.7 Å². The van der Waals surface area contributed by atoms with Crippen LogP contribution in [0.4, 0.5) is 21.5 Å². The molecule has 0 N–H and O–H groups in total. The largest absolute Gasteiger partial charge is 0.378 e. The summed E-state index contributed by atoms with van der Waals surface area (Å²) in [6.45, 7) is 9.69. The predicted molar refractivity (Wildman–Crippen MR) is 165 cm³/mol. The van der Waals surface area contributed by atoms with Crippen molar-refractivity contribution < 1.29 is 17.5 Å². The SMILES string of the molecule is Cc1c(-c2ccccn2)nc2cc(F)ccc2c1N1CC2(CS(=O)(=O)C2CC(C)C)c2ccc(N3CCOCC3)cc21. The zero-order valence-corrected chi connectivity index (χ0v) is 25.0. The molecule has 9 heteroatoms. The molecule has 3 aliphatic heterocycles. The maximum absolute atomic E-state index is 14.6. The lowest BCUT2D eigenvalue weighted by Gasteiger charge is -2.47. The van der Waals surface area contributed by atoms with Gasteiger partial charge in [-0.2, -0.15) is 0 Å². The first-order valence-corrected chi connectivity index (χ1v) is 16.4. The summed E-state index contributed by atoms with van der Waals surface area (Å²) in [6, 6.07) is 16.9. The number of ether oxygens (including phenoxy) is 1. The minimum atomic E-state index is -3.22. The molecule has 0 saturated carbocycles. The topological polar surface area (TPSA) is 75.6 Å². The Morgan fingerprint density at radius 1 is 1.10 bits per heavy atom. The van der Waals surface area contributed by atoms with E-state index in [0.29, 0.717) is 43.1 Å². The number of anilines is 3. The van der Waals surface area contributed by atoms with Gasteiger partial charge >= 0.3 is 0 Å². The van der Waals surface area contributed by atoms with Crippen LogP contribution in [-0.4, -0.2) is 62.2 Å². The van der Waals surface area contributed by atoms with Gasteiger partial charge in [0, 0.05) is 59.6 Å². The first kappa shape index (κ1) is 27.3. The second kappa shape index (κ2) is 10.0. The second-order valence-corrected chi connectivity index (χ2v) is 14.5. The lowest BCUT2D eigenvalue weighted by Crippen LogP contribution is -2.62. The van der Waals surface area contributed by atoms with Gasteiger partial charge in [0.25, 0.3) is 0 Å². The van der Waals surface area contributed by atoms with Crippen molar-refractivity contribution in [1.29, 1.82) is 0 Å². The molecular weight excluding hydrogens is 551 g/mol. The highest BCUT2D eigenvalue weighted by atomic mass is 32.2. The smallest absolute Gasteiger partial charge is 0.155 e. The first-order valence-electron chi connectivity index (χ1n) is 14.7. The van der Waals surface area contributed by atoms with Crippen LogP contribution in [0.2, 0.25) is 0 Å². The van der Waals surface area contributed by atoms with Gasteiger partial charge in [-0.05, 0) is 61.2 Å². The summed E-state index contributed by atoms with van der Waals surface area (Å²) in [6.07, 6.45) is 2.34. The molecular formula is C33H35FN4O3S. The number of aromatic nitrogens is 2. The molecule has 42 heavy (non-hydrogen) atoms. The van der Waals surface area contributed by atoms with E-state index < -0.39 is 20.5 Å². The van der Waals surface area contributed by atoms with Gasteiger partial charge in [-0.3, -0.25) is 4.98 Å². The summed E-state index contributed by atoms with van der Waals surface area (Å²) >= 11 is 0. The number of benzene rings is 2. The third kappa shape index (κ3) is 4.28. The van der Waals surface area contributed by atoms with Crippen LogP contribution in [0.1, 0.15) is 31.4 Å². The van der Waals surface area contributed by atoms with Crippen molar-refractivity contribution in [3.63, 3.8) is 0 Å². The lowest BCUT2D eigenvalue weighted by molar-refractivity contribution is 0.122. The Hall–Kier alpha value is -3.56. The monoisotopic (exact) mass is 586 g/mol. The van der Waals surface area contributed by atoms with Crippen molar-refractivity contribution in [3.05, 3.63) is 77.7 Å². The number of hydrogen-bond donors (Lipinski definition) is 0. The van der Waals surface area contributed by atoms with E-state index in [9.17, 15) is 12.8 Å². The number of sulfone groups is 1. The zero-order chi connectivity index (χ0) is 29.2. The van der Waals surface area contributed by atoms with Crippen molar-refractivity contribution >= 4 is 37.8 Å². The number of pyridine rings is 2. The summed E-state index contributed by atoms with van der Waals surface area (Å²) in [7, 11) is -3.22. The summed E-state index contributed by atoms with van der Waals surface area (Å²) in [4.78, 5) is 14.1. The molecule has 218 valence electrons. The Kier molecular flexibility index (Phi) is 6.51. The molecule has 7 nitrogen and oxygen atoms in total. The number of nitrogens with zero attached hydrogens (tertiary/aromatic N) is 4. The number of morpholine rings is 1. The van der Waals surface area contributed by atoms with E-state index >= 15 is 0 Å². The molecule has 0 aliphatic carbocycles. The van der Waals surface area contributed by atoms with E-state index in [2.05, 4.69) is 46.8 Å². The molecule has 2 atom stereocenters. The van der Waals surface area contributed by atoms with Gasteiger partial charge in [0.2, 0.25) is 0 Å². The normalized spacial score (nSPS) is 23.0. The molecule has 2 unspecified atom stereocenters. The van der Waals surface area contributed by atoms with Crippen LogP contribution < -0.4 is 9.80 Å². The fraction of sp³-hybridized carbons (Fsp3) is 0.394. The van der Waals surface area contributed by atoms with Crippen LogP contribution in [0, 0.1) is 18.7 Å². The first-order chi connectivity index (χ1) is 20.2. The van der Waals surface area contributed by atoms with Crippen LogP contribution >= 0.6 is 0 Å². The predicted octanol–water partition coefficient (Wildman–Crippen LogP) is 5.81. The average molecular weight is 587 g/mol. The average Bonchev–Trinajstić information content (AvgIpc) is 3.31. The van der Waals surface area contributed by atoms with Crippen molar-refractivity contribution in [2.24, 2.45) is 5.92 Å². The maximum Gasteiger partial charge on any atom is 0.155 e. The Balaban J connectivity index is 1.47. The van der Waals surface area contributed by atoms with Crippen LogP contribution in [0.25, 0.3) is 22.3 Å². The summed E-state index contributed by atoms with van der Waals surface area (Å²) in [5.74, 6) is 0.0164. The van der Waals surface area contributed by atoms with Gasteiger partial charge in [-0.1, -0.05) is 26.0 Å². The highest BCUT2D eigenvalue weighted by Crippen LogP contribution is 2.57. The zero-order valence-electron chi connectivity index (χ0n) is 24.2. The third-order valence-electron chi connectivity index (χ3n) is 9.15. The molecule has 2 saturated heterocycles. The second-order valence-electron chi connectivity index (χ2n) is 12.3. The molecule has 2 aromatic carbocycles. The highest BCUT2D eigenvalue weighted by Gasteiger charge is 2.63. The summed E-state index contributed by atoms with van der Waals surface area (Å²) in [5.41, 5.74) is 6.45. The van der Waals surface area contributed by atoms with E-state index in [-0.39, 0.29) is 17.5 Å². The van der Waals surface area contributed by atoms with Crippen molar-refractivity contribution in [2.45, 2.75) is 37.9 Å². The third-order valence-corrected chi connectivity index (χ3v) is 11.6. The van der Waals surface area contributed by atoms with Gasteiger partial charge in [0.15, 0.2) is 9.84 Å². The quantitative estimate of drug-likeness (QED) is 0.292. The molecule has 0 amide bonds. The molecule has 1 spiro atoms.